The van der Waals surface area contributed by atoms with Crippen LogP contribution in [0.5, 0.6) is 0 Å². The van der Waals surface area contributed by atoms with Gasteiger partial charge in [-0.1, -0.05) is 6.07 Å². The van der Waals surface area contributed by atoms with E-state index in [2.05, 4.69) is 10.3 Å². The smallest absolute Gasteiger partial charge is 0.270 e. The van der Waals surface area contributed by atoms with Gasteiger partial charge in [-0.25, -0.2) is 9.37 Å². The minimum absolute atomic E-state index is 0.157. The second kappa shape index (κ2) is 6.78. The van der Waals surface area contributed by atoms with Gasteiger partial charge in [-0.2, -0.15) is 0 Å². The fourth-order valence-corrected chi connectivity index (χ4v) is 3.09. The number of carbonyl (C=O) groups is 1. The van der Waals surface area contributed by atoms with Gasteiger partial charge in [0.2, 0.25) is 0 Å². The number of nitro groups is 1. The minimum atomic E-state index is -0.559. The van der Waals surface area contributed by atoms with E-state index in [9.17, 15) is 19.3 Å². The van der Waals surface area contributed by atoms with Crippen molar-refractivity contribution in [3.8, 4) is 11.3 Å². The Bertz CT molecular complexity index is 954. The average molecular weight is 357 g/mol. The van der Waals surface area contributed by atoms with Crippen LogP contribution in [0.2, 0.25) is 0 Å². The van der Waals surface area contributed by atoms with Crippen molar-refractivity contribution in [1.82, 2.24) is 4.98 Å². The minimum Gasteiger partial charge on any atom is -0.298 e. The molecule has 25 heavy (non-hydrogen) atoms. The number of nitro benzene ring substituents is 1. The van der Waals surface area contributed by atoms with E-state index in [0.717, 1.165) is 10.4 Å². The van der Waals surface area contributed by atoms with E-state index in [1.54, 1.807) is 12.1 Å². The van der Waals surface area contributed by atoms with Gasteiger partial charge in [0.15, 0.2) is 5.13 Å². The second-order valence-electron chi connectivity index (χ2n) is 5.19. The van der Waals surface area contributed by atoms with Gasteiger partial charge in [0.1, 0.15) is 5.82 Å². The molecular weight excluding hydrogens is 345 g/mol. The number of aryl methyl sites for hydroxylation is 1. The molecule has 1 heterocycles. The van der Waals surface area contributed by atoms with E-state index < -0.39 is 10.8 Å². The first-order chi connectivity index (χ1) is 11.9. The molecule has 0 unspecified atom stereocenters. The number of non-ortho nitro benzene ring substituents is 1. The molecule has 0 aliphatic carbocycles. The summed E-state index contributed by atoms with van der Waals surface area (Å²) in [7, 11) is 0. The Balaban J connectivity index is 1.83. The molecule has 1 aromatic heterocycles. The predicted octanol–water partition coefficient (Wildman–Crippen LogP) is 4.42. The molecule has 0 saturated carbocycles. The summed E-state index contributed by atoms with van der Waals surface area (Å²) < 4.78 is 13.0. The molecule has 1 N–H and O–H groups in total. The van der Waals surface area contributed by atoms with Crippen LogP contribution < -0.4 is 5.32 Å². The third-order valence-electron chi connectivity index (χ3n) is 3.45. The summed E-state index contributed by atoms with van der Waals surface area (Å²) in [6.07, 6.45) is 0. The number of halogens is 1. The van der Waals surface area contributed by atoms with Gasteiger partial charge >= 0.3 is 0 Å². The van der Waals surface area contributed by atoms with Crippen molar-refractivity contribution >= 4 is 28.1 Å². The Labute approximate surface area is 146 Å². The van der Waals surface area contributed by atoms with Gasteiger partial charge < -0.3 is 0 Å². The monoisotopic (exact) mass is 357 g/mol. The number of thiazole rings is 1. The first kappa shape index (κ1) is 16.7. The van der Waals surface area contributed by atoms with Crippen LogP contribution in [0.25, 0.3) is 11.3 Å². The van der Waals surface area contributed by atoms with Crippen LogP contribution in [0.15, 0.2) is 48.5 Å². The van der Waals surface area contributed by atoms with Crippen LogP contribution >= 0.6 is 11.3 Å². The predicted molar refractivity (Wildman–Crippen MR) is 93.3 cm³/mol. The molecule has 0 aliphatic rings. The van der Waals surface area contributed by atoms with Crippen molar-refractivity contribution in [3.05, 3.63) is 74.9 Å². The van der Waals surface area contributed by atoms with Gasteiger partial charge in [-0.3, -0.25) is 20.2 Å². The largest absolute Gasteiger partial charge is 0.298 e. The van der Waals surface area contributed by atoms with Crippen molar-refractivity contribution in [2.24, 2.45) is 0 Å². The summed E-state index contributed by atoms with van der Waals surface area (Å²) in [6.45, 7) is 1.85. The van der Waals surface area contributed by atoms with E-state index in [-0.39, 0.29) is 17.1 Å². The molecule has 126 valence electrons. The maximum absolute atomic E-state index is 13.0. The number of hydrogen-bond acceptors (Lipinski definition) is 5. The summed E-state index contributed by atoms with van der Waals surface area (Å²) in [5.41, 5.74) is 1.41. The lowest BCUT2D eigenvalue weighted by molar-refractivity contribution is -0.384. The van der Waals surface area contributed by atoms with Crippen LogP contribution in [-0.4, -0.2) is 15.8 Å². The number of nitrogens with zero attached hydrogens (tertiary/aromatic N) is 2. The molecule has 8 heteroatoms. The fourth-order valence-electron chi connectivity index (χ4n) is 2.26. The molecule has 3 aromatic rings. The van der Waals surface area contributed by atoms with Crippen molar-refractivity contribution in [2.45, 2.75) is 6.92 Å². The highest BCUT2D eigenvalue weighted by atomic mass is 32.1. The number of rotatable bonds is 4. The van der Waals surface area contributed by atoms with E-state index in [0.29, 0.717) is 10.8 Å². The highest BCUT2D eigenvalue weighted by molar-refractivity contribution is 7.16. The number of anilines is 1. The lowest BCUT2D eigenvalue weighted by atomic mass is 10.1. The zero-order chi connectivity index (χ0) is 18.0. The third-order valence-corrected chi connectivity index (χ3v) is 4.34. The number of aromatic nitrogens is 1. The van der Waals surface area contributed by atoms with Crippen LogP contribution in [-0.2, 0) is 0 Å². The first-order valence-electron chi connectivity index (χ1n) is 7.23. The van der Waals surface area contributed by atoms with E-state index >= 15 is 0 Å². The van der Waals surface area contributed by atoms with Crippen LogP contribution in [0.3, 0.4) is 0 Å². The summed E-state index contributed by atoms with van der Waals surface area (Å²) >= 11 is 1.28. The lowest BCUT2D eigenvalue weighted by Crippen LogP contribution is -2.11. The molecule has 6 nitrogen and oxygen atoms in total. The molecule has 0 saturated heterocycles. The summed E-state index contributed by atoms with van der Waals surface area (Å²) in [4.78, 5) is 27.7. The standard InChI is InChI=1S/C17H12FN3O3S/c1-10-15(11-5-7-13(18)8-6-11)19-17(25-10)20-16(22)12-3-2-4-14(9-12)21(23)24/h2-9H,1H3,(H,19,20,22). The molecule has 3 rings (SSSR count). The fraction of sp³-hybridized carbons (Fsp3) is 0.0588. The van der Waals surface area contributed by atoms with Crippen LogP contribution in [0, 0.1) is 22.9 Å². The van der Waals surface area contributed by atoms with Crippen LogP contribution in [0.4, 0.5) is 15.2 Å². The van der Waals surface area contributed by atoms with E-state index in [1.807, 2.05) is 6.92 Å². The van der Waals surface area contributed by atoms with Crippen molar-refractivity contribution < 1.29 is 14.1 Å². The molecule has 2 aromatic carbocycles. The molecule has 0 aliphatic heterocycles. The highest BCUT2D eigenvalue weighted by Crippen LogP contribution is 2.30. The molecule has 1 amide bonds. The normalized spacial score (nSPS) is 10.5. The quantitative estimate of drug-likeness (QED) is 0.553. The Morgan fingerprint density at radius 1 is 1.24 bits per heavy atom. The zero-order valence-corrected chi connectivity index (χ0v) is 13.8. The lowest BCUT2D eigenvalue weighted by Gasteiger charge is -2.01. The highest BCUT2D eigenvalue weighted by Gasteiger charge is 2.15. The van der Waals surface area contributed by atoms with Gasteiger partial charge in [-0.15, -0.1) is 11.3 Å². The Hall–Kier alpha value is -3.13. The number of benzene rings is 2. The molecule has 0 radical (unpaired) electrons. The number of amides is 1. The van der Waals surface area contributed by atoms with Gasteiger partial charge in [0.05, 0.1) is 10.6 Å². The molecular formula is C17H12FN3O3S. The Morgan fingerprint density at radius 3 is 2.64 bits per heavy atom. The van der Waals surface area contributed by atoms with Crippen molar-refractivity contribution in [1.29, 1.82) is 0 Å². The maximum Gasteiger partial charge on any atom is 0.270 e. The Morgan fingerprint density at radius 2 is 1.96 bits per heavy atom. The first-order valence-corrected chi connectivity index (χ1v) is 8.05. The summed E-state index contributed by atoms with van der Waals surface area (Å²) in [6, 6.07) is 11.4. The van der Waals surface area contributed by atoms with Gasteiger partial charge in [-0.05, 0) is 37.3 Å². The molecule has 0 bridgehead atoms. The summed E-state index contributed by atoms with van der Waals surface area (Å²) in [5.74, 6) is -0.820. The molecule has 0 spiro atoms. The zero-order valence-electron chi connectivity index (χ0n) is 13.0. The third kappa shape index (κ3) is 3.69. The average Bonchev–Trinajstić information content (AvgIpc) is 2.96. The van der Waals surface area contributed by atoms with Crippen LogP contribution in [0.1, 0.15) is 15.2 Å². The van der Waals surface area contributed by atoms with Crippen molar-refractivity contribution in [2.75, 3.05) is 5.32 Å². The van der Waals surface area contributed by atoms with E-state index in [4.69, 9.17) is 0 Å². The number of hydrogen-bond donors (Lipinski definition) is 1. The van der Waals surface area contributed by atoms with Gasteiger partial charge in [0, 0.05) is 28.1 Å². The molecule has 0 atom stereocenters. The second-order valence-corrected chi connectivity index (χ2v) is 6.40. The van der Waals surface area contributed by atoms with E-state index in [1.165, 1.54) is 47.7 Å². The topological polar surface area (TPSA) is 85.1 Å². The summed E-state index contributed by atoms with van der Waals surface area (Å²) in [5, 5.41) is 13.8. The molecule has 0 fully saturated rings. The number of nitrogens with one attached hydrogen (secondary N) is 1. The SMILES string of the molecule is Cc1sc(NC(=O)c2cccc([N+](=O)[O-])c2)nc1-c1ccc(F)cc1. The number of carbonyl (C=O) groups excluding carboxylic acids is 1. The maximum atomic E-state index is 13.0. The van der Waals surface area contributed by atoms with Crippen molar-refractivity contribution in [3.63, 3.8) is 0 Å². The van der Waals surface area contributed by atoms with Gasteiger partial charge in [0.25, 0.3) is 11.6 Å². The Kier molecular flexibility index (Phi) is 4.53.